The van der Waals surface area contributed by atoms with Gasteiger partial charge in [-0.15, -0.1) is 0 Å². The number of hydrogen-bond donors (Lipinski definition) is 0. The zero-order valence-electron chi connectivity index (χ0n) is 16.6. The average molecular weight is 383 g/mol. The van der Waals surface area contributed by atoms with Crippen molar-refractivity contribution in [2.75, 3.05) is 6.54 Å². The third-order valence-corrected chi connectivity index (χ3v) is 6.16. The van der Waals surface area contributed by atoms with Crippen LogP contribution in [0.5, 0.6) is 0 Å². The number of hydrogen-bond acceptors (Lipinski definition) is 4. The van der Waals surface area contributed by atoms with Crippen molar-refractivity contribution >= 4 is 5.78 Å². The maximum absolute atomic E-state index is 13.0. The highest BCUT2D eigenvalue weighted by Gasteiger charge is 2.30. The Morgan fingerprint density at radius 2 is 1.86 bits per heavy atom. The van der Waals surface area contributed by atoms with Crippen molar-refractivity contribution in [2.45, 2.75) is 44.7 Å². The Bertz CT molecular complexity index is 1050. The number of benzene rings is 2. The van der Waals surface area contributed by atoms with E-state index in [2.05, 4.69) is 58.4 Å². The van der Waals surface area contributed by atoms with Crippen molar-refractivity contribution < 1.29 is 4.79 Å². The third-order valence-electron chi connectivity index (χ3n) is 6.16. The van der Waals surface area contributed by atoms with Gasteiger partial charge in [-0.3, -0.25) is 9.69 Å². The molecular weight excluding hydrogens is 358 g/mol. The first-order valence-electron chi connectivity index (χ1n) is 10.5. The van der Waals surface area contributed by atoms with Crippen LogP contribution in [-0.2, 0) is 24.2 Å². The van der Waals surface area contributed by atoms with Gasteiger partial charge in [-0.05, 0) is 54.6 Å². The SMILES string of the molecule is O=C1CCc2cccc(c2)-c2ccnc(n2)Cc2ccccc2CN2CCC[C@@H]12. The van der Waals surface area contributed by atoms with E-state index in [4.69, 9.17) is 4.98 Å². The number of aromatic nitrogens is 2. The highest BCUT2D eigenvalue weighted by atomic mass is 16.1. The second kappa shape index (κ2) is 7.88. The zero-order chi connectivity index (χ0) is 19.6. The van der Waals surface area contributed by atoms with Gasteiger partial charge in [0.1, 0.15) is 11.6 Å². The molecule has 2 aliphatic rings. The molecule has 1 saturated heterocycles. The average Bonchev–Trinajstić information content (AvgIpc) is 3.22. The Morgan fingerprint density at radius 1 is 0.966 bits per heavy atom. The Morgan fingerprint density at radius 3 is 2.79 bits per heavy atom. The summed E-state index contributed by atoms with van der Waals surface area (Å²) in [6, 6.07) is 18.9. The molecule has 4 nitrogen and oxygen atoms in total. The van der Waals surface area contributed by atoms with Crippen molar-refractivity contribution in [1.82, 2.24) is 14.9 Å². The van der Waals surface area contributed by atoms with E-state index in [1.165, 1.54) is 16.7 Å². The van der Waals surface area contributed by atoms with Crippen LogP contribution in [0.4, 0.5) is 0 Å². The maximum Gasteiger partial charge on any atom is 0.150 e. The van der Waals surface area contributed by atoms with Crippen LogP contribution in [0.2, 0.25) is 0 Å². The van der Waals surface area contributed by atoms with E-state index in [9.17, 15) is 4.79 Å². The van der Waals surface area contributed by atoms with Crippen molar-refractivity contribution in [3.63, 3.8) is 0 Å². The fraction of sp³-hybridized carbons (Fsp3) is 0.320. The number of nitrogens with zero attached hydrogens (tertiary/aromatic N) is 3. The van der Waals surface area contributed by atoms with Crippen LogP contribution in [0.1, 0.15) is 41.8 Å². The van der Waals surface area contributed by atoms with Crippen LogP contribution < -0.4 is 0 Å². The zero-order valence-corrected chi connectivity index (χ0v) is 16.6. The highest BCUT2D eigenvalue weighted by molar-refractivity contribution is 5.84. The highest BCUT2D eigenvalue weighted by Crippen LogP contribution is 2.26. The molecule has 146 valence electrons. The minimum atomic E-state index is 0.0497. The fourth-order valence-corrected chi connectivity index (χ4v) is 4.62. The Balaban J connectivity index is 1.58. The van der Waals surface area contributed by atoms with Gasteiger partial charge >= 0.3 is 0 Å². The molecule has 0 unspecified atom stereocenters. The number of rotatable bonds is 0. The quantitative estimate of drug-likeness (QED) is 0.583. The number of carbonyl (C=O) groups excluding carboxylic acids is 1. The van der Waals surface area contributed by atoms with E-state index in [0.29, 0.717) is 18.6 Å². The molecule has 0 aliphatic carbocycles. The summed E-state index contributed by atoms with van der Waals surface area (Å²) in [4.78, 5) is 24.8. The summed E-state index contributed by atoms with van der Waals surface area (Å²) in [7, 11) is 0. The van der Waals surface area contributed by atoms with E-state index >= 15 is 0 Å². The second-order valence-electron chi connectivity index (χ2n) is 8.10. The van der Waals surface area contributed by atoms with Crippen LogP contribution in [-0.4, -0.2) is 33.2 Å². The molecule has 0 N–H and O–H groups in total. The molecule has 2 aliphatic heterocycles. The predicted octanol–water partition coefficient (Wildman–Crippen LogP) is 4.21. The van der Waals surface area contributed by atoms with Gasteiger partial charge in [-0.25, -0.2) is 9.97 Å². The van der Waals surface area contributed by atoms with Crippen molar-refractivity contribution in [3.05, 3.63) is 83.3 Å². The molecule has 0 amide bonds. The number of aryl methyl sites for hydroxylation is 1. The smallest absolute Gasteiger partial charge is 0.150 e. The minimum Gasteiger partial charge on any atom is -0.298 e. The molecule has 3 heterocycles. The number of fused-ring (bicyclic) bond motifs is 7. The molecule has 0 spiro atoms. The van der Waals surface area contributed by atoms with Crippen LogP contribution in [0.25, 0.3) is 11.3 Å². The first-order chi connectivity index (χ1) is 14.3. The van der Waals surface area contributed by atoms with Crippen molar-refractivity contribution in [2.24, 2.45) is 0 Å². The normalized spacial score (nSPS) is 19.7. The lowest BCUT2D eigenvalue weighted by Crippen LogP contribution is -2.36. The summed E-state index contributed by atoms with van der Waals surface area (Å²) in [5.74, 6) is 1.21. The van der Waals surface area contributed by atoms with E-state index < -0.39 is 0 Å². The largest absolute Gasteiger partial charge is 0.298 e. The summed E-state index contributed by atoms with van der Waals surface area (Å²) in [5.41, 5.74) is 5.74. The van der Waals surface area contributed by atoms with Crippen molar-refractivity contribution in [3.8, 4) is 11.3 Å². The molecule has 4 heteroatoms. The Kier molecular flexibility index (Phi) is 4.94. The lowest BCUT2D eigenvalue weighted by Gasteiger charge is -2.24. The van der Waals surface area contributed by atoms with Crippen LogP contribution >= 0.6 is 0 Å². The topological polar surface area (TPSA) is 46.1 Å². The Hall–Kier alpha value is -2.85. The van der Waals surface area contributed by atoms with Gasteiger partial charge in [0.2, 0.25) is 0 Å². The molecule has 1 atom stereocenters. The molecule has 3 aromatic rings. The molecule has 0 radical (unpaired) electrons. The monoisotopic (exact) mass is 383 g/mol. The molecule has 1 aromatic heterocycles. The molecule has 0 saturated carbocycles. The fourth-order valence-electron chi connectivity index (χ4n) is 4.62. The van der Waals surface area contributed by atoms with E-state index in [-0.39, 0.29) is 6.04 Å². The first kappa shape index (κ1) is 18.2. The molecular formula is C25H25N3O. The van der Waals surface area contributed by atoms with Crippen LogP contribution in [0, 0.1) is 0 Å². The van der Waals surface area contributed by atoms with E-state index in [1.807, 2.05) is 12.3 Å². The lowest BCUT2D eigenvalue weighted by atomic mass is 9.99. The summed E-state index contributed by atoms with van der Waals surface area (Å²) >= 11 is 0. The molecule has 5 rings (SSSR count). The van der Waals surface area contributed by atoms with Crippen LogP contribution in [0.3, 0.4) is 0 Å². The van der Waals surface area contributed by atoms with Crippen molar-refractivity contribution in [1.29, 1.82) is 0 Å². The summed E-state index contributed by atoms with van der Waals surface area (Å²) in [6.07, 6.45) is 6.01. The van der Waals surface area contributed by atoms with Gasteiger partial charge in [0.15, 0.2) is 0 Å². The summed E-state index contributed by atoms with van der Waals surface area (Å²) in [6.45, 7) is 1.81. The summed E-state index contributed by atoms with van der Waals surface area (Å²) in [5, 5.41) is 0. The van der Waals surface area contributed by atoms with Gasteiger partial charge in [0.25, 0.3) is 0 Å². The molecule has 2 aromatic carbocycles. The molecule has 29 heavy (non-hydrogen) atoms. The standard InChI is InChI=1S/C25H25N3O/c29-24-11-10-18-5-3-8-20(15-18)22-12-13-26-25(27-22)16-19-6-1-2-7-21(19)17-28-14-4-9-23(24)28/h1-3,5-8,12-13,15,23H,4,9-11,14,16-17H2/t23-/m0/s1. The minimum absolute atomic E-state index is 0.0497. The number of ketones is 1. The van der Waals surface area contributed by atoms with Gasteiger partial charge in [-0.1, -0.05) is 42.5 Å². The lowest BCUT2D eigenvalue weighted by molar-refractivity contribution is -0.123. The predicted molar refractivity (Wildman–Crippen MR) is 113 cm³/mol. The second-order valence-corrected chi connectivity index (χ2v) is 8.10. The van der Waals surface area contributed by atoms with Gasteiger partial charge in [0.05, 0.1) is 11.7 Å². The summed E-state index contributed by atoms with van der Waals surface area (Å²) < 4.78 is 0. The number of Topliss-reactive ketones (excluding diaryl/α,β-unsaturated/α-hetero) is 1. The number of carbonyl (C=O) groups is 1. The van der Waals surface area contributed by atoms with Crippen LogP contribution in [0.15, 0.2) is 60.8 Å². The Labute approximate surface area is 171 Å². The molecule has 4 bridgehead atoms. The maximum atomic E-state index is 13.0. The van der Waals surface area contributed by atoms with Gasteiger partial charge in [0, 0.05) is 31.1 Å². The van der Waals surface area contributed by atoms with Gasteiger partial charge < -0.3 is 0 Å². The third kappa shape index (κ3) is 3.85. The van der Waals surface area contributed by atoms with E-state index in [0.717, 1.165) is 49.4 Å². The first-order valence-corrected chi connectivity index (χ1v) is 10.5. The van der Waals surface area contributed by atoms with E-state index in [1.54, 1.807) is 0 Å². The molecule has 1 fully saturated rings. The van der Waals surface area contributed by atoms with Gasteiger partial charge in [-0.2, -0.15) is 0 Å².